The molecule has 0 N–H and O–H groups in total. The Morgan fingerprint density at radius 3 is 1.93 bits per heavy atom. The molecule has 1 atom stereocenters. The van der Waals surface area contributed by atoms with Gasteiger partial charge >= 0.3 is 0 Å². The predicted molar refractivity (Wildman–Crippen MR) is 294 cm³/mol. The van der Waals surface area contributed by atoms with Crippen molar-refractivity contribution >= 4 is 70.0 Å². The van der Waals surface area contributed by atoms with Gasteiger partial charge in [0.2, 0.25) is 0 Å². The number of aryl methyl sites for hydroxylation is 1. The van der Waals surface area contributed by atoms with Crippen molar-refractivity contribution in [2.75, 3.05) is 0 Å². The van der Waals surface area contributed by atoms with Crippen LogP contribution in [0.1, 0.15) is 63.6 Å². The first-order valence-electron chi connectivity index (χ1n) is 23.8. The highest BCUT2D eigenvalue weighted by molar-refractivity contribution is 7.25. The first kappa shape index (κ1) is 45.4. The number of benzene rings is 5. The van der Waals surface area contributed by atoms with Crippen LogP contribution in [0.2, 0.25) is 0 Å². The van der Waals surface area contributed by atoms with Gasteiger partial charge in [-0.2, -0.15) is 0 Å². The fourth-order valence-corrected chi connectivity index (χ4v) is 10.2. The van der Waals surface area contributed by atoms with E-state index in [1.807, 2.05) is 93.2 Å². The van der Waals surface area contributed by atoms with Gasteiger partial charge in [-0.05, 0) is 150 Å². The summed E-state index contributed by atoms with van der Waals surface area (Å²) in [5, 5.41) is 4.94. The largest absolute Gasteiger partial charge is 0.309 e. The lowest BCUT2D eigenvalue weighted by Gasteiger charge is -2.20. The number of fused-ring (bicyclic) bond motifs is 6. The molecule has 1 aliphatic carbocycles. The molecule has 334 valence electrons. The molecule has 68 heavy (non-hydrogen) atoms. The molecule has 1 aliphatic rings. The van der Waals surface area contributed by atoms with E-state index >= 15 is 0 Å². The van der Waals surface area contributed by atoms with Crippen molar-refractivity contribution in [1.82, 2.24) is 19.5 Å². The second-order valence-electron chi connectivity index (χ2n) is 16.7. The van der Waals surface area contributed by atoms with Crippen LogP contribution in [0, 0.1) is 5.92 Å². The fourth-order valence-electron chi connectivity index (χ4n) is 9.16. The minimum absolute atomic E-state index is 0.433. The van der Waals surface area contributed by atoms with E-state index in [2.05, 4.69) is 176 Å². The highest BCUT2D eigenvalue weighted by Crippen LogP contribution is 2.43. The van der Waals surface area contributed by atoms with Crippen LogP contribution in [0.4, 0.5) is 0 Å². The van der Waals surface area contributed by atoms with Gasteiger partial charge < -0.3 is 4.57 Å². The van der Waals surface area contributed by atoms with Crippen molar-refractivity contribution in [3.8, 4) is 28.1 Å². The van der Waals surface area contributed by atoms with E-state index in [4.69, 9.17) is 9.97 Å². The molecule has 0 spiro atoms. The summed E-state index contributed by atoms with van der Waals surface area (Å²) in [6, 6.07) is 54.6. The Morgan fingerprint density at radius 1 is 0.647 bits per heavy atom. The van der Waals surface area contributed by atoms with Crippen molar-refractivity contribution in [3.63, 3.8) is 0 Å². The molecule has 1 unspecified atom stereocenters. The Kier molecular flexibility index (Phi) is 13.9. The zero-order valence-corrected chi connectivity index (χ0v) is 40.3. The van der Waals surface area contributed by atoms with Gasteiger partial charge in [0.1, 0.15) is 0 Å². The maximum atomic E-state index is 4.78. The number of rotatable bonds is 9. The van der Waals surface area contributed by atoms with Crippen LogP contribution in [0.15, 0.2) is 213 Å². The number of hydrogen-bond donors (Lipinski definition) is 0. The minimum Gasteiger partial charge on any atom is -0.309 e. The second-order valence-corrected chi connectivity index (χ2v) is 17.8. The van der Waals surface area contributed by atoms with Gasteiger partial charge in [0.05, 0.1) is 22.4 Å². The maximum absolute atomic E-state index is 4.78. The summed E-state index contributed by atoms with van der Waals surface area (Å²) in [6.45, 7) is 14.5. The number of aromatic nitrogens is 4. The van der Waals surface area contributed by atoms with E-state index in [1.54, 1.807) is 0 Å². The van der Waals surface area contributed by atoms with E-state index in [0.717, 1.165) is 57.9 Å². The molecule has 0 bridgehead atoms. The van der Waals surface area contributed by atoms with Crippen LogP contribution >= 0.6 is 11.3 Å². The molecule has 5 aromatic heterocycles. The highest BCUT2D eigenvalue weighted by Gasteiger charge is 2.21. The smallest absolute Gasteiger partial charge is 0.0708 e. The zero-order valence-electron chi connectivity index (χ0n) is 39.5. The third-order valence-corrected chi connectivity index (χ3v) is 13.6. The summed E-state index contributed by atoms with van der Waals surface area (Å²) >= 11 is 1.85. The Bertz CT molecular complexity index is 3520. The Balaban J connectivity index is 0.000000520. The monoisotopic (exact) mass is 900 g/mol. The van der Waals surface area contributed by atoms with Crippen LogP contribution in [-0.2, 0) is 6.42 Å². The number of thiophene rings is 1. The number of pyridine rings is 3. The third-order valence-electron chi connectivity index (χ3n) is 12.5. The molecule has 0 fully saturated rings. The van der Waals surface area contributed by atoms with Crippen molar-refractivity contribution < 1.29 is 0 Å². The molecule has 5 heterocycles. The summed E-state index contributed by atoms with van der Waals surface area (Å²) in [4.78, 5) is 13.6. The zero-order chi connectivity index (χ0) is 47.0. The molecule has 0 saturated heterocycles. The topological polar surface area (TPSA) is 43.6 Å². The van der Waals surface area contributed by atoms with E-state index in [0.29, 0.717) is 5.92 Å². The normalized spacial score (nSPS) is 13.8. The molecule has 4 nitrogen and oxygen atoms in total. The molecule has 11 rings (SSSR count). The van der Waals surface area contributed by atoms with Crippen molar-refractivity contribution in [2.45, 2.75) is 47.5 Å². The lowest BCUT2D eigenvalue weighted by molar-refractivity contribution is 0.741. The van der Waals surface area contributed by atoms with E-state index in [1.165, 1.54) is 64.3 Å². The van der Waals surface area contributed by atoms with Crippen LogP contribution in [0.5, 0.6) is 0 Å². The molecule has 5 aromatic carbocycles. The quantitative estimate of drug-likeness (QED) is 0.136. The van der Waals surface area contributed by atoms with E-state index in [9.17, 15) is 0 Å². The summed E-state index contributed by atoms with van der Waals surface area (Å²) in [5.41, 5.74) is 16.0. The minimum atomic E-state index is 0.433. The number of hydrogen-bond acceptors (Lipinski definition) is 4. The lowest BCUT2D eigenvalue weighted by Crippen LogP contribution is -2.02. The molecule has 0 saturated carbocycles. The average Bonchev–Trinajstić information content (AvgIpc) is 3.94. The first-order chi connectivity index (χ1) is 33.5. The SMILES string of the molecule is C=C/C(=C\C=C/C)c1ccc2sc3ccc(-n4c5ccc(C6=CC(C)CC=C6c6ccccn6)cc5c5cc(-c6ccccc6-c6ccccn6)ccc54)cc3c2c1.CC.CCc1ccccn1. The molecule has 0 radical (unpaired) electrons. The molecule has 10 aromatic rings. The van der Waals surface area contributed by atoms with Gasteiger partial charge in [-0.15, -0.1) is 11.3 Å². The maximum Gasteiger partial charge on any atom is 0.0708 e. The predicted octanol–water partition coefficient (Wildman–Crippen LogP) is 17.6. The molecule has 5 heteroatoms. The van der Waals surface area contributed by atoms with Gasteiger partial charge in [0.15, 0.2) is 0 Å². The van der Waals surface area contributed by atoms with Gasteiger partial charge in [0.25, 0.3) is 0 Å². The van der Waals surface area contributed by atoms with Crippen LogP contribution in [0.25, 0.3) is 86.8 Å². The summed E-state index contributed by atoms with van der Waals surface area (Å²) in [6.07, 6.45) is 20.6. The first-order valence-corrected chi connectivity index (χ1v) is 24.6. The highest BCUT2D eigenvalue weighted by atomic mass is 32.1. The Labute approximate surface area is 404 Å². The van der Waals surface area contributed by atoms with Crippen LogP contribution in [0.3, 0.4) is 0 Å². The van der Waals surface area contributed by atoms with Gasteiger partial charge in [-0.1, -0.05) is 131 Å². The molecule has 0 amide bonds. The summed E-state index contributed by atoms with van der Waals surface area (Å²) in [7, 11) is 0. The van der Waals surface area contributed by atoms with Gasteiger partial charge in [-0.3, -0.25) is 15.0 Å². The lowest BCUT2D eigenvalue weighted by atomic mass is 9.85. The average molecular weight is 901 g/mol. The van der Waals surface area contributed by atoms with Crippen LogP contribution in [-0.4, -0.2) is 19.5 Å². The second kappa shape index (κ2) is 20.8. The summed E-state index contributed by atoms with van der Waals surface area (Å²) < 4.78 is 5.00. The Morgan fingerprint density at radius 2 is 1.28 bits per heavy atom. The number of allylic oxidation sites excluding steroid dienone is 9. The van der Waals surface area contributed by atoms with Crippen LogP contribution < -0.4 is 0 Å². The Hall–Kier alpha value is -7.73. The van der Waals surface area contributed by atoms with Crippen molar-refractivity contribution in [2.24, 2.45) is 5.92 Å². The van der Waals surface area contributed by atoms with E-state index < -0.39 is 0 Å². The standard InChI is InChI=1S/C54H41N3S.C7H9N.C2H6/c1-4-6-13-36(5-2)37-21-26-53-47(31-37)48-34-40(22-27-54(48)58-53)57-51-24-19-38(41-14-7-8-15-42(41)49-16-9-11-28-55-49)32-45(51)46-33-39(20-25-52(46)57)44-30-35(3)18-23-43(44)50-17-10-12-29-56-50;1-2-7-5-3-4-6-8-7;1-2/h4-17,19-35H,2,18H2,1,3H3;3-6H,2H2,1H3;1-2H3/b6-4-,36-13+;;. The van der Waals surface area contributed by atoms with Crippen molar-refractivity contribution in [3.05, 3.63) is 236 Å². The van der Waals surface area contributed by atoms with Crippen molar-refractivity contribution in [1.29, 1.82) is 0 Å². The number of nitrogens with zero attached hydrogens (tertiary/aromatic N) is 4. The van der Waals surface area contributed by atoms with Gasteiger partial charge in [0, 0.05) is 72.1 Å². The summed E-state index contributed by atoms with van der Waals surface area (Å²) in [5.74, 6) is 0.433. The van der Waals surface area contributed by atoms with E-state index in [-0.39, 0.29) is 0 Å². The van der Waals surface area contributed by atoms with Gasteiger partial charge in [-0.25, -0.2) is 0 Å². The molecular weight excluding hydrogens is 845 g/mol. The molecular formula is C63H56N4S. The fraction of sp³-hybridized carbons (Fsp3) is 0.127. The third kappa shape index (κ3) is 9.18. The molecule has 0 aliphatic heterocycles.